The van der Waals surface area contributed by atoms with Crippen LogP contribution in [-0.2, 0) is 13.1 Å². The predicted octanol–water partition coefficient (Wildman–Crippen LogP) is 4.38. The van der Waals surface area contributed by atoms with Crippen molar-refractivity contribution in [2.24, 2.45) is 10.1 Å². The number of aryl methyl sites for hydroxylation is 1. The van der Waals surface area contributed by atoms with Crippen LogP contribution in [0.5, 0.6) is 5.75 Å². The Bertz CT molecular complexity index is 1330. The lowest BCUT2D eigenvalue weighted by Crippen LogP contribution is -2.26. The molecule has 2 aromatic heterocycles. The Kier molecular flexibility index (Phi) is 9.42. The summed E-state index contributed by atoms with van der Waals surface area (Å²) in [6.45, 7) is 4.51. The molecule has 2 heterocycles. The number of phenols is 1. The molecule has 1 amide bonds. The number of aliphatic imine (C=N–C) groups is 1. The summed E-state index contributed by atoms with van der Waals surface area (Å²) in [5, 5.41) is 14.8. The minimum absolute atomic E-state index is 0.0517. The average molecular weight is 507 g/mol. The number of nitrogens with one attached hydrogen (secondary N) is 1. The molecule has 2 aromatic carbocycles. The van der Waals surface area contributed by atoms with Gasteiger partial charge in [-0.25, -0.2) is 5.43 Å². The molecule has 0 saturated carbocycles. The first kappa shape index (κ1) is 26.4. The lowest BCUT2D eigenvalue weighted by Gasteiger charge is -2.20. The molecule has 0 aliphatic heterocycles. The fourth-order valence-electron chi connectivity index (χ4n) is 3.86. The number of amides is 1. The first-order valence-corrected chi connectivity index (χ1v) is 12.3. The second-order valence-electron chi connectivity index (χ2n) is 8.75. The van der Waals surface area contributed by atoms with Gasteiger partial charge in [-0.2, -0.15) is 5.10 Å². The van der Waals surface area contributed by atoms with E-state index in [1.165, 1.54) is 6.21 Å². The molecule has 8 heteroatoms. The molecule has 8 nitrogen and oxygen atoms in total. The minimum Gasteiger partial charge on any atom is -0.507 e. The Morgan fingerprint density at radius 1 is 0.895 bits per heavy atom. The molecule has 0 spiro atoms. The van der Waals surface area contributed by atoms with Crippen molar-refractivity contribution in [1.82, 2.24) is 20.3 Å². The number of rotatable bonds is 11. The molecule has 0 unspecified atom stereocenters. The van der Waals surface area contributed by atoms with Crippen molar-refractivity contribution in [2.45, 2.75) is 20.0 Å². The average Bonchev–Trinajstić information content (AvgIpc) is 2.94. The number of phenolic OH excluding ortho intramolecular Hbond substituents is 1. The zero-order chi connectivity index (χ0) is 26.6. The molecule has 0 radical (unpaired) electrons. The molecular weight excluding hydrogens is 476 g/mol. The largest absolute Gasteiger partial charge is 0.507 e. The highest BCUT2D eigenvalue weighted by Gasteiger charge is 2.10. The van der Waals surface area contributed by atoms with Crippen LogP contribution >= 0.6 is 0 Å². The van der Waals surface area contributed by atoms with Crippen molar-refractivity contribution in [3.05, 3.63) is 125 Å². The van der Waals surface area contributed by atoms with E-state index >= 15 is 0 Å². The lowest BCUT2D eigenvalue weighted by molar-refractivity contribution is 0.0955. The van der Waals surface area contributed by atoms with Crippen LogP contribution in [0.1, 0.15) is 38.4 Å². The van der Waals surface area contributed by atoms with Crippen molar-refractivity contribution < 1.29 is 9.90 Å². The van der Waals surface area contributed by atoms with E-state index in [1.807, 2.05) is 55.5 Å². The minimum atomic E-state index is -0.322. The summed E-state index contributed by atoms with van der Waals surface area (Å²) in [6.07, 6.45) is 6.69. The number of hydrogen-bond donors (Lipinski definition) is 2. The van der Waals surface area contributed by atoms with Gasteiger partial charge in [-0.1, -0.05) is 30.3 Å². The van der Waals surface area contributed by atoms with E-state index in [4.69, 9.17) is 0 Å². The molecule has 2 N–H and O–H groups in total. The van der Waals surface area contributed by atoms with E-state index in [-0.39, 0.29) is 11.7 Å². The Morgan fingerprint density at radius 3 is 2.11 bits per heavy atom. The first-order valence-electron chi connectivity index (χ1n) is 12.3. The van der Waals surface area contributed by atoms with Gasteiger partial charge < -0.3 is 5.11 Å². The topological polar surface area (TPSA) is 103 Å². The summed E-state index contributed by atoms with van der Waals surface area (Å²) in [6, 6.07) is 24.3. The number of nitrogens with zero attached hydrogens (tertiary/aromatic N) is 5. The van der Waals surface area contributed by atoms with Gasteiger partial charge in [0.15, 0.2) is 0 Å². The van der Waals surface area contributed by atoms with Gasteiger partial charge in [0, 0.05) is 54.9 Å². The number of hydrogen-bond acceptors (Lipinski definition) is 7. The first-order chi connectivity index (χ1) is 18.6. The number of aromatic hydroxyl groups is 1. The van der Waals surface area contributed by atoms with Crippen LogP contribution in [0.25, 0.3) is 0 Å². The number of carbonyl (C=O) groups excluding carboxylic acids is 1. The van der Waals surface area contributed by atoms with Gasteiger partial charge in [-0.05, 0) is 61.0 Å². The summed E-state index contributed by atoms with van der Waals surface area (Å²) < 4.78 is 0. The summed E-state index contributed by atoms with van der Waals surface area (Å²) in [7, 11) is 0. The smallest absolute Gasteiger partial charge is 0.271 e. The van der Waals surface area contributed by atoms with Crippen LogP contribution in [0.15, 0.2) is 101 Å². The number of aromatic nitrogens is 2. The van der Waals surface area contributed by atoms with Crippen LogP contribution in [0, 0.1) is 6.92 Å². The molecule has 192 valence electrons. The molecule has 4 rings (SSSR count). The Morgan fingerprint density at radius 2 is 1.50 bits per heavy atom. The molecular formula is C30H30N6O2. The molecule has 0 atom stereocenters. The lowest BCUT2D eigenvalue weighted by atomic mass is 10.1. The second-order valence-corrected chi connectivity index (χ2v) is 8.75. The Hall–Kier alpha value is -4.69. The summed E-state index contributed by atoms with van der Waals surface area (Å²) in [4.78, 5) is 27.9. The van der Waals surface area contributed by atoms with Gasteiger partial charge in [0.1, 0.15) is 5.75 Å². The van der Waals surface area contributed by atoms with Crippen LogP contribution in [0.2, 0.25) is 0 Å². The van der Waals surface area contributed by atoms with Gasteiger partial charge in [0.2, 0.25) is 0 Å². The number of benzene rings is 2. The van der Waals surface area contributed by atoms with E-state index in [1.54, 1.807) is 48.9 Å². The van der Waals surface area contributed by atoms with E-state index in [0.29, 0.717) is 42.9 Å². The van der Waals surface area contributed by atoms with Crippen LogP contribution in [0.4, 0.5) is 0 Å². The van der Waals surface area contributed by atoms with Crippen molar-refractivity contribution in [3.63, 3.8) is 0 Å². The summed E-state index contributed by atoms with van der Waals surface area (Å²) in [5.41, 5.74) is 6.97. The fraction of sp³-hybridized carbons (Fsp3) is 0.167. The third-order valence-corrected chi connectivity index (χ3v) is 5.72. The highest BCUT2D eigenvalue weighted by molar-refractivity contribution is 5.96. The van der Waals surface area contributed by atoms with E-state index < -0.39 is 0 Å². The van der Waals surface area contributed by atoms with Crippen molar-refractivity contribution >= 4 is 18.3 Å². The molecule has 0 fully saturated rings. The van der Waals surface area contributed by atoms with Gasteiger partial charge in [0.05, 0.1) is 24.1 Å². The summed E-state index contributed by atoms with van der Waals surface area (Å²) in [5.74, 6) is -0.271. The fourth-order valence-corrected chi connectivity index (χ4v) is 3.86. The molecule has 0 aliphatic rings. The van der Waals surface area contributed by atoms with Crippen molar-refractivity contribution in [1.29, 1.82) is 0 Å². The number of pyridine rings is 2. The van der Waals surface area contributed by atoms with Gasteiger partial charge in [-0.15, -0.1) is 0 Å². The maximum atomic E-state index is 12.2. The normalized spacial score (nSPS) is 11.4. The van der Waals surface area contributed by atoms with E-state index in [9.17, 15) is 9.90 Å². The van der Waals surface area contributed by atoms with Crippen molar-refractivity contribution in [2.75, 3.05) is 13.1 Å². The zero-order valence-electron chi connectivity index (χ0n) is 21.2. The molecule has 38 heavy (non-hydrogen) atoms. The van der Waals surface area contributed by atoms with Gasteiger partial charge >= 0.3 is 0 Å². The van der Waals surface area contributed by atoms with Crippen LogP contribution < -0.4 is 5.43 Å². The number of carbonyl (C=O) groups is 1. The quantitative estimate of drug-likeness (QED) is 0.232. The highest BCUT2D eigenvalue weighted by Crippen LogP contribution is 2.22. The van der Waals surface area contributed by atoms with Crippen molar-refractivity contribution in [3.8, 4) is 5.75 Å². The predicted molar refractivity (Wildman–Crippen MR) is 149 cm³/mol. The third-order valence-electron chi connectivity index (χ3n) is 5.72. The van der Waals surface area contributed by atoms with Crippen LogP contribution in [-0.4, -0.2) is 51.4 Å². The number of hydrazone groups is 1. The molecule has 0 aliphatic carbocycles. The van der Waals surface area contributed by atoms with Gasteiger partial charge in [0.25, 0.3) is 5.91 Å². The Labute approximate surface area is 222 Å². The molecule has 0 bridgehead atoms. The summed E-state index contributed by atoms with van der Waals surface area (Å²) >= 11 is 0. The monoisotopic (exact) mass is 506 g/mol. The maximum Gasteiger partial charge on any atom is 0.271 e. The molecule has 4 aromatic rings. The SMILES string of the molecule is Cc1cc(C=NCCN(Cc2ccccn2)Cc2ccccn2)c(O)c(/C=N/NC(=O)c2ccccc2)c1. The van der Waals surface area contributed by atoms with E-state index in [0.717, 1.165) is 17.0 Å². The van der Waals surface area contributed by atoms with Crippen LogP contribution in [0.3, 0.4) is 0 Å². The molecule has 0 saturated heterocycles. The van der Waals surface area contributed by atoms with Gasteiger partial charge in [-0.3, -0.25) is 24.7 Å². The Balaban J connectivity index is 1.39. The third kappa shape index (κ3) is 7.91. The zero-order valence-corrected chi connectivity index (χ0v) is 21.2. The second kappa shape index (κ2) is 13.6. The van der Waals surface area contributed by atoms with E-state index in [2.05, 4.69) is 30.4 Å². The highest BCUT2D eigenvalue weighted by atomic mass is 16.3. The maximum absolute atomic E-state index is 12.2. The standard InChI is InChI=1S/C30H30N6O2/c1-23-17-25(29(37)26(18-23)20-34-35-30(38)24-9-3-2-4-10-24)19-31-15-16-36(21-27-11-5-7-13-32-27)22-28-12-6-8-14-33-28/h2-14,17-20,37H,15-16,21-22H2,1H3,(H,35,38)/b31-19?,34-20+.